The van der Waals surface area contributed by atoms with Crippen molar-refractivity contribution < 1.29 is 29.1 Å². The Bertz CT molecular complexity index is 1490. The van der Waals surface area contributed by atoms with Gasteiger partial charge in [-0.3, -0.25) is 29.0 Å². The molecular weight excluding hydrogens is 524 g/mol. The Morgan fingerprint density at radius 1 is 1.07 bits per heavy atom. The topological polar surface area (TPSA) is 230 Å². The Kier molecular flexibility index (Phi) is 9.56. The van der Waals surface area contributed by atoms with Crippen LogP contribution in [0.25, 0.3) is 11.2 Å². The number of hydrogen-bond acceptors (Lipinski definition) is 11. The zero-order valence-electron chi connectivity index (χ0n) is 21.8. The third kappa shape index (κ3) is 7.00. The first-order chi connectivity index (χ1) is 19.1. The lowest BCUT2D eigenvalue weighted by Crippen LogP contribution is -2.42. The average molecular weight is 553 g/mol. The molecule has 1 atom stereocenters. The minimum Gasteiger partial charge on any atom is -0.480 e. The number of aromatic amines is 1. The molecular formula is C25H28N8O7. The molecule has 210 valence electrons. The molecule has 0 saturated carbocycles. The van der Waals surface area contributed by atoms with Crippen molar-refractivity contribution >= 4 is 52.4 Å². The largest absolute Gasteiger partial charge is 0.480 e. The van der Waals surface area contributed by atoms with E-state index in [0.717, 1.165) is 0 Å². The number of carbonyl (C=O) groups is 5. The van der Waals surface area contributed by atoms with Gasteiger partial charge in [0.25, 0.3) is 11.5 Å². The van der Waals surface area contributed by atoms with Crippen LogP contribution in [0.3, 0.4) is 0 Å². The maximum absolute atomic E-state index is 12.6. The third-order valence-electron chi connectivity index (χ3n) is 5.66. The van der Waals surface area contributed by atoms with Gasteiger partial charge >= 0.3 is 5.97 Å². The number of imide groups is 3. The minimum absolute atomic E-state index is 0.0406. The highest BCUT2D eigenvalue weighted by Crippen LogP contribution is 2.15. The molecule has 4 rings (SSSR count). The normalized spacial score (nSPS) is 13.4. The molecule has 6 N–H and O–H groups in total. The Morgan fingerprint density at radius 3 is 2.35 bits per heavy atom. The monoisotopic (exact) mass is 552 g/mol. The Morgan fingerprint density at radius 2 is 1.73 bits per heavy atom. The van der Waals surface area contributed by atoms with E-state index in [1.807, 2.05) is 13.8 Å². The average Bonchev–Trinajstić information content (AvgIpc) is 3.28. The molecule has 1 aliphatic rings. The molecule has 15 heteroatoms. The molecule has 3 aromatic rings. The zero-order chi connectivity index (χ0) is 29.4. The van der Waals surface area contributed by atoms with Crippen molar-refractivity contribution in [3.05, 3.63) is 52.1 Å². The number of nitrogens with two attached hydrogens (primary N) is 1. The highest BCUT2D eigenvalue weighted by atomic mass is 16.4. The van der Waals surface area contributed by atoms with Crippen molar-refractivity contribution in [2.24, 2.45) is 0 Å². The molecule has 0 aliphatic carbocycles. The van der Waals surface area contributed by atoms with Gasteiger partial charge in [0.15, 0.2) is 11.2 Å². The van der Waals surface area contributed by atoms with E-state index in [1.54, 1.807) is 12.1 Å². The van der Waals surface area contributed by atoms with Crippen molar-refractivity contribution in [2.75, 3.05) is 11.1 Å². The quantitative estimate of drug-likeness (QED) is 0.229. The predicted octanol–water partition coefficient (Wildman–Crippen LogP) is 0.572. The van der Waals surface area contributed by atoms with Gasteiger partial charge in [-0.2, -0.15) is 4.98 Å². The number of hydrogen-bond donors (Lipinski definition) is 5. The summed E-state index contributed by atoms with van der Waals surface area (Å²) in [5.41, 5.74) is 6.36. The number of carbonyl (C=O) groups excluding carboxylic acids is 4. The number of carboxylic acid groups (broad SMARTS) is 1. The Labute approximate surface area is 227 Å². The van der Waals surface area contributed by atoms with Crippen LogP contribution in [0.2, 0.25) is 0 Å². The molecule has 1 saturated heterocycles. The van der Waals surface area contributed by atoms with Crippen molar-refractivity contribution in [1.82, 2.24) is 30.2 Å². The highest BCUT2D eigenvalue weighted by molar-refractivity contribution is 6.15. The fraction of sp³-hybridized carbons (Fsp3) is 0.320. The molecule has 1 aliphatic heterocycles. The minimum atomic E-state index is -1.41. The molecule has 3 heterocycles. The molecule has 15 nitrogen and oxygen atoms in total. The van der Waals surface area contributed by atoms with Gasteiger partial charge in [-0.1, -0.05) is 13.8 Å². The Balaban J connectivity index is 0.00000216. The standard InChI is InChI=1S/C23H22N8O7.C2H6/c24-23-29-19-18(21(36)30-23)27-13(10-26-19)9-25-12-3-1-11(2-4-12)20(35)28-14(22(37)38)5-6-15(32)31-16(33)7-8-17(31)34;1-2/h1-4,10,14,25H,5-9H2,(H,28,35)(H,37,38)(H3,24,26,29,30,36);1-2H3. The first-order valence-electron chi connectivity index (χ1n) is 12.4. The van der Waals surface area contributed by atoms with E-state index in [4.69, 9.17) is 5.73 Å². The molecule has 40 heavy (non-hydrogen) atoms. The van der Waals surface area contributed by atoms with E-state index in [-0.39, 0.29) is 48.5 Å². The van der Waals surface area contributed by atoms with Crippen molar-refractivity contribution in [3.63, 3.8) is 0 Å². The van der Waals surface area contributed by atoms with Gasteiger partial charge in [0.05, 0.1) is 18.4 Å². The van der Waals surface area contributed by atoms with Crippen molar-refractivity contribution in [3.8, 4) is 0 Å². The summed E-state index contributed by atoms with van der Waals surface area (Å²) < 4.78 is 0. The summed E-state index contributed by atoms with van der Waals surface area (Å²) in [5.74, 6) is -4.14. The van der Waals surface area contributed by atoms with Crippen LogP contribution in [0.4, 0.5) is 11.6 Å². The second-order valence-electron chi connectivity index (χ2n) is 8.34. The number of rotatable bonds is 9. The van der Waals surface area contributed by atoms with Gasteiger partial charge in [0.1, 0.15) is 6.04 Å². The van der Waals surface area contributed by atoms with Crippen LogP contribution in [-0.4, -0.2) is 65.6 Å². The van der Waals surface area contributed by atoms with Gasteiger partial charge in [-0.15, -0.1) is 0 Å². The van der Waals surface area contributed by atoms with Crippen LogP contribution in [0, 0.1) is 0 Å². The fourth-order valence-electron chi connectivity index (χ4n) is 3.72. The number of aromatic nitrogens is 4. The zero-order valence-corrected chi connectivity index (χ0v) is 21.8. The number of likely N-dealkylation sites (tertiary alicyclic amines) is 1. The maximum Gasteiger partial charge on any atom is 0.326 e. The van der Waals surface area contributed by atoms with Crippen LogP contribution in [-0.2, 0) is 25.7 Å². The summed E-state index contributed by atoms with van der Waals surface area (Å²) in [5, 5.41) is 14.8. The molecule has 1 unspecified atom stereocenters. The van der Waals surface area contributed by atoms with E-state index in [1.165, 1.54) is 18.3 Å². The van der Waals surface area contributed by atoms with E-state index in [2.05, 4.69) is 30.6 Å². The highest BCUT2D eigenvalue weighted by Gasteiger charge is 2.34. The molecule has 4 amide bonds. The van der Waals surface area contributed by atoms with E-state index in [9.17, 15) is 33.9 Å². The van der Waals surface area contributed by atoms with Crippen molar-refractivity contribution in [1.29, 1.82) is 0 Å². The van der Waals surface area contributed by atoms with Crippen LogP contribution in [0.15, 0.2) is 35.3 Å². The summed E-state index contributed by atoms with van der Waals surface area (Å²) in [6.07, 6.45) is 0.627. The van der Waals surface area contributed by atoms with E-state index >= 15 is 0 Å². The van der Waals surface area contributed by atoms with Crippen LogP contribution in [0.1, 0.15) is 55.6 Å². The number of carboxylic acids is 1. The van der Waals surface area contributed by atoms with Gasteiger partial charge in [-0.25, -0.2) is 19.7 Å². The molecule has 0 radical (unpaired) electrons. The van der Waals surface area contributed by atoms with Gasteiger partial charge in [0, 0.05) is 30.5 Å². The summed E-state index contributed by atoms with van der Waals surface area (Å²) in [6.45, 7) is 4.20. The summed E-state index contributed by atoms with van der Waals surface area (Å²) in [6, 6.07) is 4.70. The maximum atomic E-state index is 12.6. The molecule has 0 spiro atoms. The summed E-state index contributed by atoms with van der Waals surface area (Å²) in [4.78, 5) is 86.7. The number of H-pyrrole nitrogens is 1. The first-order valence-corrected chi connectivity index (χ1v) is 12.4. The number of nitrogen functional groups attached to an aromatic ring is 1. The summed E-state index contributed by atoms with van der Waals surface area (Å²) in [7, 11) is 0. The molecule has 1 aromatic carbocycles. The SMILES string of the molecule is CC.Nc1nc2ncc(CNc3ccc(C(=O)NC(CCC(=O)N4C(=O)CCC4=O)C(=O)O)cc3)nc2c(=O)[nH]1. The van der Waals surface area contributed by atoms with E-state index in [0.29, 0.717) is 16.3 Å². The van der Waals surface area contributed by atoms with Gasteiger partial charge in [-0.05, 0) is 30.7 Å². The lowest BCUT2D eigenvalue weighted by Gasteiger charge is -2.16. The number of fused-ring (bicyclic) bond motifs is 1. The predicted molar refractivity (Wildman–Crippen MR) is 142 cm³/mol. The number of aliphatic carboxylic acids is 1. The van der Waals surface area contributed by atoms with Crippen LogP contribution >= 0.6 is 0 Å². The third-order valence-corrected chi connectivity index (χ3v) is 5.66. The molecule has 0 bridgehead atoms. The van der Waals surface area contributed by atoms with Crippen LogP contribution < -0.4 is 21.9 Å². The number of anilines is 2. The lowest BCUT2D eigenvalue weighted by molar-refractivity contribution is -0.149. The van der Waals surface area contributed by atoms with Crippen molar-refractivity contribution in [2.45, 2.75) is 52.1 Å². The second kappa shape index (κ2) is 13.0. The number of nitrogens with zero attached hydrogens (tertiary/aromatic N) is 4. The number of amides is 4. The van der Waals surface area contributed by atoms with Gasteiger partial charge < -0.3 is 21.5 Å². The fourth-order valence-corrected chi connectivity index (χ4v) is 3.72. The summed E-state index contributed by atoms with van der Waals surface area (Å²) >= 11 is 0. The molecule has 2 aromatic heterocycles. The van der Waals surface area contributed by atoms with Gasteiger partial charge in [0.2, 0.25) is 23.7 Å². The Hall–Kier alpha value is -5.21. The van der Waals surface area contributed by atoms with E-state index < -0.39 is 47.6 Å². The van der Waals surface area contributed by atoms with Crippen LogP contribution in [0.5, 0.6) is 0 Å². The number of nitrogens with one attached hydrogen (secondary N) is 3. The second-order valence-corrected chi connectivity index (χ2v) is 8.34. The first kappa shape index (κ1) is 29.3. The number of benzene rings is 1. The smallest absolute Gasteiger partial charge is 0.326 e. The lowest BCUT2D eigenvalue weighted by atomic mass is 10.1. The molecule has 1 fully saturated rings.